The number of rotatable bonds is 5. The van der Waals surface area contributed by atoms with E-state index in [9.17, 15) is 4.79 Å². The van der Waals surface area contributed by atoms with E-state index in [4.69, 9.17) is 4.74 Å². The van der Waals surface area contributed by atoms with Crippen LogP contribution in [0.4, 0.5) is 0 Å². The molecule has 0 amide bonds. The van der Waals surface area contributed by atoms with Crippen LogP contribution in [0.25, 0.3) is 0 Å². The zero-order chi connectivity index (χ0) is 15.0. The molecule has 20 heavy (non-hydrogen) atoms. The average molecular weight is 275 g/mol. The zero-order valence-corrected chi connectivity index (χ0v) is 13.1. The smallest absolute Gasteiger partial charge is 0.338 e. The number of hydrogen-bond acceptors (Lipinski definition) is 3. The number of carbonyl (C=O) groups excluding carboxylic acids is 1. The number of esters is 1. The highest BCUT2D eigenvalue weighted by Gasteiger charge is 2.63. The molecule has 0 aliphatic heterocycles. The molecule has 0 radical (unpaired) electrons. The second-order valence-electron chi connectivity index (χ2n) is 6.78. The zero-order valence-electron chi connectivity index (χ0n) is 13.1. The van der Waals surface area contributed by atoms with Crippen LogP contribution >= 0.6 is 0 Å². The van der Waals surface area contributed by atoms with Crippen molar-refractivity contribution >= 4 is 5.97 Å². The molecule has 0 bridgehead atoms. The van der Waals surface area contributed by atoms with Crippen molar-refractivity contribution in [2.75, 3.05) is 13.7 Å². The third-order valence-corrected chi connectivity index (χ3v) is 5.41. The van der Waals surface area contributed by atoms with Gasteiger partial charge in [0.25, 0.3) is 0 Å². The maximum atomic E-state index is 11.7. The van der Waals surface area contributed by atoms with Gasteiger partial charge in [-0.2, -0.15) is 0 Å². The van der Waals surface area contributed by atoms with E-state index in [0.717, 1.165) is 12.1 Å². The van der Waals surface area contributed by atoms with Crippen molar-refractivity contribution < 1.29 is 9.53 Å². The van der Waals surface area contributed by atoms with E-state index < -0.39 is 0 Å². The van der Waals surface area contributed by atoms with Gasteiger partial charge in [0.2, 0.25) is 0 Å². The van der Waals surface area contributed by atoms with Crippen LogP contribution in [-0.2, 0) is 11.3 Å². The molecule has 3 nitrogen and oxygen atoms in total. The number of carbonyl (C=O) groups is 1. The van der Waals surface area contributed by atoms with Gasteiger partial charge >= 0.3 is 5.97 Å². The predicted molar refractivity (Wildman–Crippen MR) is 80.5 cm³/mol. The van der Waals surface area contributed by atoms with E-state index >= 15 is 0 Å². The molecule has 1 N–H and O–H groups in total. The quantitative estimate of drug-likeness (QED) is 0.838. The molecule has 1 saturated carbocycles. The number of hydrogen-bond donors (Lipinski definition) is 1. The van der Waals surface area contributed by atoms with Crippen molar-refractivity contribution in [1.29, 1.82) is 0 Å². The molecular formula is C17H25NO2. The fraction of sp³-hybridized carbons (Fsp3) is 0.588. The lowest BCUT2D eigenvalue weighted by atomic mass is 10.0. The molecule has 1 fully saturated rings. The van der Waals surface area contributed by atoms with Crippen LogP contribution in [0.1, 0.15) is 43.6 Å². The predicted octanol–water partition coefficient (Wildman–Crippen LogP) is 3.25. The summed E-state index contributed by atoms with van der Waals surface area (Å²) in [5, 5.41) is 3.49. The third kappa shape index (κ3) is 2.47. The summed E-state index contributed by atoms with van der Waals surface area (Å²) >= 11 is 0. The molecule has 1 aromatic rings. The monoisotopic (exact) mass is 275 g/mol. The lowest BCUT2D eigenvalue weighted by Gasteiger charge is -2.10. The Hall–Kier alpha value is -1.35. The van der Waals surface area contributed by atoms with Gasteiger partial charge in [-0.15, -0.1) is 0 Å². The lowest BCUT2D eigenvalue weighted by Crippen LogP contribution is -2.20. The van der Waals surface area contributed by atoms with Gasteiger partial charge in [-0.25, -0.2) is 4.79 Å². The third-order valence-electron chi connectivity index (χ3n) is 5.41. The lowest BCUT2D eigenvalue weighted by molar-refractivity contribution is 0.0599. The summed E-state index contributed by atoms with van der Waals surface area (Å²) in [6.45, 7) is 11.0. The van der Waals surface area contributed by atoms with Crippen molar-refractivity contribution in [2.24, 2.45) is 16.7 Å². The van der Waals surface area contributed by atoms with E-state index in [-0.39, 0.29) is 5.97 Å². The Bertz CT molecular complexity index is 491. The van der Waals surface area contributed by atoms with Crippen molar-refractivity contribution in [2.45, 2.75) is 34.2 Å². The van der Waals surface area contributed by atoms with Gasteiger partial charge in [-0.3, -0.25) is 0 Å². The van der Waals surface area contributed by atoms with Crippen LogP contribution in [0.15, 0.2) is 24.3 Å². The Kier molecular flexibility index (Phi) is 3.92. The first kappa shape index (κ1) is 15.0. The maximum absolute atomic E-state index is 11.7. The van der Waals surface area contributed by atoms with Gasteiger partial charge in [0, 0.05) is 6.54 Å². The second-order valence-corrected chi connectivity index (χ2v) is 6.78. The molecule has 0 unspecified atom stereocenters. The number of ether oxygens (including phenoxy) is 1. The van der Waals surface area contributed by atoms with Crippen molar-refractivity contribution in [3.63, 3.8) is 0 Å². The molecular weight excluding hydrogens is 250 g/mol. The summed E-state index contributed by atoms with van der Waals surface area (Å²) in [4.78, 5) is 11.7. The molecule has 3 heteroatoms. The van der Waals surface area contributed by atoms with Crippen LogP contribution in [0, 0.1) is 16.7 Å². The van der Waals surface area contributed by atoms with Crippen LogP contribution in [0.2, 0.25) is 0 Å². The molecule has 1 aliphatic rings. The molecule has 0 aromatic heterocycles. The molecule has 0 spiro atoms. The Morgan fingerprint density at radius 3 is 2.35 bits per heavy atom. The minimum Gasteiger partial charge on any atom is -0.465 e. The average Bonchev–Trinajstić information content (AvgIpc) is 2.80. The highest BCUT2D eigenvalue weighted by Crippen LogP contribution is 2.67. The Balaban J connectivity index is 1.95. The van der Waals surface area contributed by atoms with E-state index in [1.54, 1.807) is 0 Å². The van der Waals surface area contributed by atoms with Crippen LogP contribution in [-0.4, -0.2) is 19.6 Å². The topological polar surface area (TPSA) is 38.3 Å². The maximum Gasteiger partial charge on any atom is 0.338 e. The summed E-state index contributed by atoms with van der Waals surface area (Å²) in [7, 11) is 1.42. The number of benzene rings is 1. The first-order valence-corrected chi connectivity index (χ1v) is 7.19. The van der Waals surface area contributed by atoms with Crippen LogP contribution in [0.5, 0.6) is 0 Å². The fourth-order valence-corrected chi connectivity index (χ4v) is 3.18. The molecule has 2 rings (SSSR count). The summed E-state index contributed by atoms with van der Waals surface area (Å²) in [6, 6.07) is 7.60. The summed E-state index contributed by atoms with van der Waals surface area (Å²) in [5.41, 5.74) is 2.43. The first-order valence-electron chi connectivity index (χ1n) is 7.19. The Morgan fingerprint density at radius 2 is 1.80 bits per heavy atom. The van der Waals surface area contributed by atoms with Crippen molar-refractivity contribution in [3.8, 4) is 0 Å². The number of nitrogens with one attached hydrogen (secondary N) is 1. The van der Waals surface area contributed by atoms with Gasteiger partial charge in [0.15, 0.2) is 0 Å². The molecule has 1 aliphatic carbocycles. The number of methoxy groups -OCH3 is 1. The standard InChI is InChI=1S/C17H25NO2/c1-16(2)14(17(16,3)4)11-18-10-12-8-6-7-9-13(12)15(19)20-5/h6-9,14,18H,10-11H2,1-5H3. The minimum absolute atomic E-state index is 0.269. The highest BCUT2D eigenvalue weighted by atomic mass is 16.5. The molecule has 0 heterocycles. The van der Waals surface area contributed by atoms with Crippen LogP contribution < -0.4 is 5.32 Å². The van der Waals surface area contributed by atoms with Crippen LogP contribution in [0.3, 0.4) is 0 Å². The molecule has 0 atom stereocenters. The fourth-order valence-electron chi connectivity index (χ4n) is 3.18. The minimum atomic E-state index is -0.269. The second kappa shape index (κ2) is 5.21. The van der Waals surface area contributed by atoms with Gasteiger partial charge in [-0.05, 0) is 34.9 Å². The van der Waals surface area contributed by atoms with Gasteiger partial charge in [-0.1, -0.05) is 45.9 Å². The van der Waals surface area contributed by atoms with E-state index in [1.165, 1.54) is 7.11 Å². The van der Waals surface area contributed by atoms with Crippen molar-refractivity contribution in [3.05, 3.63) is 35.4 Å². The molecule has 110 valence electrons. The van der Waals surface area contributed by atoms with Gasteiger partial charge < -0.3 is 10.1 Å². The summed E-state index contributed by atoms with van der Waals surface area (Å²) in [6.07, 6.45) is 0. The largest absolute Gasteiger partial charge is 0.465 e. The van der Waals surface area contributed by atoms with E-state index in [1.807, 2.05) is 24.3 Å². The normalized spacial score (nSPS) is 19.6. The van der Waals surface area contributed by atoms with E-state index in [2.05, 4.69) is 33.0 Å². The SMILES string of the molecule is COC(=O)c1ccccc1CNCC1C(C)(C)C1(C)C. The molecule has 0 saturated heterocycles. The highest BCUT2D eigenvalue weighted by molar-refractivity contribution is 5.90. The molecule has 1 aromatic carbocycles. The Labute approximate surface area is 121 Å². The first-order chi connectivity index (χ1) is 9.32. The summed E-state index contributed by atoms with van der Waals surface area (Å²) in [5.74, 6) is 0.412. The summed E-state index contributed by atoms with van der Waals surface area (Å²) < 4.78 is 4.82. The van der Waals surface area contributed by atoms with Gasteiger partial charge in [0.05, 0.1) is 12.7 Å². The Morgan fingerprint density at radius 1 is 1.20 bits per heavy atom. The van der Waals surface area contributed by atoms with E-state index in [0.29, 0.717) is 28.9 Å². The van der Waals surface area contributed by atoms with Crippen molar-refractivity contribution in [1.82, 2.24) is 5.32 Å². The van der Waals surface area contributed by atoms with Gasteiger partial charge in [0.1, 0.15) is 0 Å².